The van der Waals surface area contributed by atoms with Gasteiger partial charge in [-0.05, 0) is 59.0 Å². The van der Waals surface area contributed by atoms with Crippen molar-refractivity contribution in [3.63, 3.8) is 0 Å². The third kappa shape index (κ3) is 2.43. The number of primary amides is 1. The van der Waals surface area contributed by atoms with Gasteiger partial charge in [-0.3, -0.25) is 14.4 Å². The van der Waals surface area contributed by atoms with Crippen LogP contribution in [0.25, 0.3) is 5.76 Å². The van der Waals surface area contributed by atoms with Gasteiger partial charge >= 0.3 is 0 Å². The van der Waals surface area contributed by atoms with Crippen LogP contribution in [0.1, 0.15) is 24.5 Å². The Labute approximate surface area is 178 Å². The van der Waals surface area contributed by atoms with Gasteiger partial charge in [0.15, 0.2) is 11.4 Å². The molecule has 6 N–H and O–H groups in total. The van der Waals surface area contributed by atoms with Gasteiger partial charge in [0.1, 0.15) is 22.8 Å². The van der Waals surface area contributed by atoms with Crippen molar-refractivity contribution in [2.75, 3.05) is 0 Å². The number of carbonyl (C=O) groups is 3. The molecule has 1 aromatic carbocycles. The number of nitrogens with two attached hydrogens (primary N) is 1. The van der Waals surface area contributed by atoms with Gasteiger partial charge < -0.3 is 26.2 Å². The fourth-order valence-corrected chi connectivity index (χ4v) is 5.57. The third-order valence-corrected chi connectivity index (χ3v) is 7.37. The van der Waals surface area contributed by atoms with Crippen molar-refractivity contribution < 1.29 is 34.8 Å². The third-order valence-electron chi connectivity index (χ3n) is 6.36. The first kappa shape index (κ1) is 19.9. The number of fused-ring (bicyclic) bond motifs is 3. The highest BCUT2D eigenvalue weighted by molar-refractivity contribution is 14.1. The Balaban J connectivity index is 1.98. The number of benzene rings is 1. The van der Waals surface area contributed by atoms with Crippen molar-refractivity contribution in [3.05, 3.63) is 43.7 Å². The largest absolute Gasteiger partial charge is 0.508 e. The lowest BCUT2D eigenvalue weighted by molar-refractivity contribution is -0.152. The molecule has 0 heterocycles. The molecule has 9 heteroatoms. The highest BCUT2D eigenvalue weighted by Gasteiger charge is 2.62. The number of ketones is 2. The maximum atomic E-state index is 13.4. The van der Waals surface area contributed by atoms with E-state index in [-0.39, 0.29) is 23.3 Å². The normalized spacial score (nSPS) is 31.3. The molecule has 4 atom stereocenters. The first-order valence-corrected chi connectivity index (χ1v) is 10.1. The van der Waals surface area contributed by atoms with Crippen LogP contribution >= 0.6 is 22.6 Å². The van der Waals surface area contributed by atoms with Crippen LogP contribution in [0.4, 0.5) is 0 Å². The van der Waals surface area contributed by atoms with Crippen LogP contribution in [0.5, 0.6) is 5.75 Å². The molecular formula is C20H18INO7. The average Bonchev–Trinajstić information content (AvgIpc) is 2.65. The number of aliphatic hydroxyl groups is 3. The lowest BCUT2D eigenvalue weighted by Crippen LogP contribution is -2.61. The molecule has 1 fully saturated rings. The molecule has 8 nitrogen and oxygen atoms in total. The van der Waals surface area contributed by atoms with E-state index in [4.69, 9.17) is 5.73 Å². The number of aromatic hydroxyl groups is 1. The monoisotopic (exact) mass is 511 g/mol. The van der Waals surface area contributed by atoms with Gasteiger partial charge in [-0.1, -0.05) is 6.92 Å². The summed E-state index contributed by atoms with van der Waals surface area (Å²) in [6, 6.07) is 3.08. The Kier molecular flexibility index (Phi) is 4.32. The molecule has 0 radical (unpaired) electrons. The molecule has 152 valence electrons. The molecule has 0 aromatic heterocycles. The zero-order chi connectivity index (χ0) is 21.4. The summed E-state index contributed by atoms with van der Waals surface area (Å²) >= 11 is 2.07. The number of hydrogen-bond donors (Lipinski definition) is 5. The molecule has 1 aromatic rings. The van der Waals surface area contributed by atoms with E-state index in [1.165, 1.54) is 13.0 Å². The lowest BCUT2D eigenvalue weighted by Gasteiger charge is -2.48. The van der Waals surface area contributed by atoms with Gasteiger partial charge in [0, 0.05) is 21.0 Å². The molecule has 29 heavy (non-hydrogen) atoms. The minimum absolute atomic E-state index is 0.108. The van der Waals surface area contributed by atoms with Gasteiger partial charge in [0.25, 0.3) is 5.91 Å². The molecule has 4 rings (SSSR count). The lowest BCUT2D eigenvalue weighted by atomic mass is 9.56. The molecule has 3 aliphatic rings. The second kappa shape index (κ2) is 6.30. The van der Waals surface area contributed by atoms with E-state index < -0.39 is 57.9 Å². The topological polar surface area (TPSA) is 158 Å². The zero-order valence-corrected chi connectivity index (χ0v) is 17.4. The van der Waals surface area contributed by atoms with Crippen LogP contribution in [0, 0.1) is 21.3 Å². The van der Waals surface area contributed by atoms with Gasteiger partial charge in [0.2, 0.25) is 5.78 Å². The van der Waals surface area contributed by atoms with Crippen molar-refractivity contribution in [2.24, 2.45) is 23.5 Å². The van der Waals surface area contributed by atoms with Crippen LogP contribution in [-0.2, 0) is 20.8 Å². The first-order valence-electron chi connectivity index (χ1n) is 9.00. The number of amides is 1. The standard InChI is InChI=1S/C20H18INO7/c1-6-9-5-7-4-8-10(21)2-3-11(23)13(8)16(25)12(7)17(26)20(9,29)18(27)14(15(6)24)19(22)28/h2-3,6-7,9,23,25,27,29H,4-5H2,1H3,(H2,22,28)/t6-,7?,9?,20-/m0/s1. The predicted octanol–water partition coefficient (Wildman–Crippen LogP) is 1.27. The Morgan fingerprint density at radius 3 is 2.52 bits per heavy atom. The maximum absolute atomic E-state index is 13.4. The van der Waals surface area contributed by atoms with Crippen molar-refractivity contribution in [1.82, 2.24) is 0 Å². The van der Waals surface area contributed by atoms with E-state index in [9.17, 15) is 34.8 Å². The molecular weight excluding hydrogens is 493 g/mol. The van der Waals surface area contributed by atoms with Crippen LogP contribution < -0.4 is 5.73 Å². The highest BCUT2D eigenvalue weighted by atomic mass is 127. The molecule has 3 aliphatic carbocycles. The predicted molar refractivity (Wildman–Crippen MR) is 109 cm³/mol. The number of phenols is 1. The molecule has 0 aliphatic heterocycles. The van der Waals surface area contributed by atoms with Crippen molar-refractivity contribution in [3.8, 4) is 5.75 Å². The first-order chi connectivity index (χ1) is 13.5. The molecule has 0 bridgehead atoms. The van der Waals surface area contributed by atoms with E-state index in [1.807, 2.05) is 0 Å². The fourth-order valence-electron chi connectivity index (χ4n) is 4.90. The van der Waals surface area contributed by atoms with E-state index in [0.717, 1.165) is 3.57 Å². The Bertz CT molecular complexity index is 1070. The molecule has 2 unspecified atom stereocenters. The smallest absolute Gasteiger partial charge is 0.255 e. The van der Waals surface area contributed by atoms with Crippen LogP contribution in [0.2, 0.25) is 0 Å². The van der Waals surface area contributed by atoms with Crippen LogP contribution in [0.3, 0.4) is 0 Å². The molecule has 1 amide bonds. The summed E-state index contributed by atoms with van der Waals surface area (Å²) in [6.45, 7) is 1.47. The summed E-state index contributed by atoms with van der Waals surface area (Å²) in [5.74, 6) is -7.14. The number of Topliss-reactive ketones (excluding diaryl/α,β-unsaturated/α-hetero) is 2. The second-order valence-electron chi connectivity index (χ2n) is 7.76. The number of hydrogen-bond acceptors (Lipinski definition) is 7. The Morgan fingerprint density at radius 1 is 1.24 bits per heavy atom. The van der Waals surface area contributed by atoms with Gasteiger partial charge in [-0.2, -0.15) is 0 Å². The van der Waals surface area contributed by atoms with E-state index >= 15 is 0 Å². The summed E-state index contributed by atoms with van der Waals surface area (Å²) < 4.78 is 0.792. The number of halogens is 1. The summed E-state index contributed by atoms with van der Waals surface area (Å²) in [5, 5.41) is 42.9. The summed E-state index contributed by atoms with van der Waals surface area (Å²) in [6.07, 6.45) is 0.434. The van der Waals surface area contributed by atoms with Crippen molar-refractivity contribution in [1.29, 1.82) is 0 Å². The van der Waals surface area contributed by atoms with E-state index in [0.29, 0.717) is 12.0 Å². The fraction of sp³-hybridized carbons (Fsp3) is 0.350. The molecule has 0 spiro atoms. The molecule has 1 saturated carbocycles. The van der Waals surface area contributed by atoms with Gasteiger partial charge in [-0.25, -0.2) is 0 Å². The van der Waals surface area contributed by atoms with Crippen molar-refractivity contribution in [2.45, 2.75) is 25.4 Å². The van der Waals surface area contributed by atoms with Gasteiger partial charge in [-0.15, -0.1) is 0 Å². The number of aliphatic hydroxyl groups excluding tert-OH is 2. The summed E-state index contributed by atoms with van der Waals surface area (Å²) in [5.41, 5.74) is 2.50. The quantitative estimate of drug-likeness (QED) is 0.281. The van der Waals surface area contributed by atoms with Gasteiger partial charge in [0.05, 0.1) is 5.56 Å². The highest BCUT2D eigenvalue weighted by Crippen LogP contribution is 2.53. The Morgan fingerprint density at radius 2 is 1.90 bits per heavy atom. The number of carbonyl (C=O) groups excluding carboxylic acids is 3. The Hall–Kier alpha value is -2.40. The van der Waals surface area contributed by atoms with Crippen LogP contribution in [0.15, 0.2) is 29.0 Å². The van der Waals surface area contributed by atoms with Crippen LogP contribution in [-0.4, -0.2) is 43.5 Å². The zero-order valence-electron chi connectivity index (χ0n) is 15.3. The van der Waals surface area contributed by atoms with E-state index in [2.05, 4.69) is 22.6 Å². The SMILES string of the molecule is C[C@@H]1C(=O)C(C(N)=O)=C(O)[C@@]2(O)C(=O)C3=C(O)c4c(O)ccc(I)c4CC3CC12. The number of phenolic OH excluding ortho intramolecular Hbond substituents is 1. The summed E-state index contributed by atoms with van der Waals surface area (Å²) in [7, 11) is 0. The second-order valence-corrected chi connectivity index (χ2v) is 8.92. The molecule has 0 saturated heterocycles. The minimum atomic E-state index is -2.55. The van der Waals surface area contributed by atoms with E-state index in [1.54, 1.807) is 6.07 Å². The average molecular weight is 511 g/mol. The maximum Gasteiger partial charge on any atom is 0.255 e. The van der Waals surface area contributed by atoms with Crippen molar-refractivity contribution >= 4 is 45.8 Å². The number of rotatable bonds is 1. The minimum Gasteiger partial charge on any atom is -0.508 e. The summed E-state index contributed by atoms with van der Waals surface area (Å²) in [4.78, 5) is 37.6.